The fraction of sp³-hybridized carbons (Fsp3) is 0.643. The first-order chi connectivity index (χ1) is 17.0. The monoisotopic (exact) mass is 531 g/mol. The SMILES string of the molecule is CC(C)CCN(CCNC(=O)OC(C)(C)C)C(=O)N[C@@H](C)CC12SC1C=C(c1ccccc1)C1SC12. The number of nitrogens with zero attached hydrogens (tertiary/aromatic N) is 1. The Morgan fingerprint density at radius 3 is 2.53 bits per heavy atom. The van der Waals surface area contributed by atoms with Crippen LogP contribution in [0.25, 0.3) is 5.57 Å². The molecule has 1 aromatic carbocycles. The molecule has 4 rings (SSSR count). The van der Waals surface area contributed by atoms with Crippen molar-refractivity contribution in [1.82, 2.24) is 15.5 Å². The molecule has 2 heterocycles. The molecular weight excluding hydrogens is 490 g/mol. The van der Waals surface area contributed by atoms with Crippen LogP contribution in [0, 0.1) is 5.92 Å². The zero-order valence-corrected chi connectivity index (χ0v) is 24.0. The minimum Gasteiger partial charge on any atom is -0.444 e. The van der Waals surface area contributed by atoms with Crippen molar-refractivity contribution in [2.75, 3.05) is 19.6 Å². The molecule has 3 aliphatic rings. The Bertz CT molecular complexity index is 978. The number of thioether (sulfide) groups is 2. The minimum absolute atomic E-state index is 0.0518. The summed E-state index contributed by atoms with van der Waals surface area (Å²) >= 11 is 4.15. The molecule has 4 unspecified atom stereocenters. The van der Waals surface area contributed by atoms with E-state index in [0.717, 1.165) is 12.8 Å². The summed E-state index contributed by atoms with van der Waals surface area (Å²) in [7, 11) is 0. The van der Waals surface area contributed by atoms with Crippen LogP contribution in [0.2, 0.25) is 0 Å². The lowest BCUT2D eigenvalue weighted by atomic mass is 9.83. The highest BCUT2D eigenvalue weighted by molar-refractivity contribution is 8.14. The van der Waals surface area contributed by atoms with E-state index in [9.17, 15) is 9.59 Å². The van der Waals surface area contributed by atoms with Crippen molar-refractivity contribution in [3.05, 3.63) is 42.0 Å². The number of carbonyl (C=O) groups is 2. The van der Waals surface area contributed by atoms with E-state index in [2.05, 4.69) is 91.3 Å². The average Bonchev–Trinajstić information content (AvgIpc) is 3.68. The second-order valence-corrected chi connectivity index (χ2v) is 14.4. The molecule has 0 radical (unpaired) electrons. The Hall–Kier alpha value is -1.80. The predicted molar refractivity (Wildman–Crippen MR) is 152 cm³/mol. The van der Waals surface area contributed by atoms with E-state index in [-0.39, 0.29) is 16.8 Å². The van der Waals surface area contributed by atoms with E-state index < -0.39 is 11.7 Å². The summed E-state index contributed by atoms with van der Waals surface area (Å²) in [5.74, 6) is 0.496. The molecule has 1 aliphatic carbocycles. The van der Waals surface area contributed by atoms with Crippen LogP contribution in [0.5, 0.6) is 0 Å². The molecule has 2 N–H and O–H groups in total. The summed E-state index contributed by atoms with van der Waals surface area (Å²) in [4.78, 5) is 27.0. The average molecular weight is 532 g/mol. The Balaban J connectivity index is 1.30. The first-order valence-electron chi connectivity index (χ1n) is 13.1. The van der Waals surface area contributed by atoms with Gasteiger partial charge in [0.25, 0.3) is 0 Å². The molecular formula is C28H41N3O3S2. The molecule has 2 saturated heterocycles. The molecule has 0 saturated carbocycles. The quantitative estimate of drug-likeness (QED) is 0.375. The van der Waals surface area contributed by atoms with Crippen LogP contribution in [-0.4, -0.2) is 68.8 Å². The number of carbonyl (C=O) groups excluding carboxylic acids is 2. The molecule has 8 heteroatoms. The normalized spacial score (nSPS) is 26.8. The van der Waals surface area contributed by atoms with Crippen molar-refractivity contribution >= 4 is 41.2 Å². The molecule has 5 atom stereocenters. The predicted octanol–water partition coefficient (Wildman–Crippen LogP) is 5.78. The van der Waals surface area contributed by atoms with E-state index in [4.69, 9.17) is 4.74 Å². The van der Waals surface area contributed by atoms with E-state index >= 15 is 0 Å². The molecule has 0 aromatic heterocycles. The van der Waals surface area contributed by atoms with E-state index in [0.29, 0.717) is 41.3 Å². The fourth-order valence-electron chi connectivity index (χ4n) is 4.92. The lowest BCUT2D eigenvalue weighted by Gasteiger charge is -2.28. The zero-order valence-electron chi connectivity index (χ0n) is 22.4. The first kappa shape index (κ1) is 27.2. The van der Waals surface area contributed by atoms with E-state index in [1.807, 2.05) is 25.7 Å². The van der Waals surface area contributed by atoms with Gasteiger partial charge in [-0.3, -0.25) is 0 Å². The number of nitrogens with one attached hydrogen (secondary N) is 2. The van der Waals surface area contributed by atoms with Gasteiger partial charge in [-0.15, -0.1) is 23.5 Å². The Morgan fingerprint density at radius 2 is 1.86 bits per heavy atom. The number of rotatable bonds is 10. The largest absolute Gasteiger partial charge is 0.444 e. The Kier molecular flexibility index (Phi) is 8.25. The minimum atomic E-state index is -0.540. The zero-order chi connectivity index (χ0) is 26.1. The summed E-state index contributed by atoms with van der Waals surface area (Å²) in [6.07, 6.45) is 3.93. The van der Waals surface area contributed by atoms with Crippen molar-refractivity contribution in [2.24, 2.45) is 5.92 Å². The van der Waals surface area contributed by atoms with Crippen LogP contribution in [0.1, 0.15) is 59.9 Å². The number of amides is 3. The van der Waals surface area contributed by atoms with E-state index in [1.165, 1.54) is 11.1 Å². The van der Waals surface area contributed by atoms with Gasteiger partial charge in [-0.05, 0) is 57.6 Å². The summed E-state index contributed by atoms with van der Waals surface area (Å²) in [6.45, 7) is 13.4. The third kappa shape index (κ3) is 6.74. The number of hydrogen-bond donors (Lipinski definition) is 2. The number of alkyl carbamates (subject to hydrolysis) is 1. The highest BCUT2D eigenvalue weighted by Crippen LogP contribution is 2.74. The van der Waals surface area contributed by atoms with Crippen molar-refractivity contribution in [3.63, 3.8) is 0 Å². The van der Waals surface area contributed by atoms with Gasteiger partial charge in [0.1, 0.15) is 5.60 Å². The van der Waals surface area contributed by atoms with Gasteiger partial charge in [0, 0.05) is 46.2 Å². The maximum Gasteiger partial charge on any atom is 0.407 e. The van der Waals surface area contributed by atoms with Crippen molar-refractivity contribution in [2.45, 2.75) is 86.5 Å². The number of urea groups is 1. The second-order valence-electron chi connectivity index (χ2n) is 11.6. The van der Waals surface area contributed by atoms with Crippen LogP contribution in [0.15, 0.2) is 36.4 Å². The van der Waals surface area contributed by atoms with E-state index in [1.54, 1.807) is 0 Å². The number of hydrogen-bond acceptors (Lipinski definition) is 5. The van der Waals surface area contributed by atoms with Gasteiger partial charge in [0.15, 0.2) is 0 Å². The summed E-state index contributed by atoms with van der Waals surface area (Å²) in [5.41, 5.74) is 2.30. The third-order valence-electron chi connectivity index (χ3n) is 6.80. The molecule has 36 heavy (non-hydrogen) atoms. The Morgan fingerprint density at radius 1 is 1.14 bits per heavy atom. The van der Waals surface area contributed by atoms with Gasteiger partial charge < -0.3 is 20.3 Å². The first-order valence-corrected chi connectivity index (χ1v) is 14.9. The molecule has 3 amide bonds. The summed E-state index contributed by atoms with van der Waals surface area (Å²) in [5, 5.41) is 7.81. The number of fused-ring (bicyclic) bond motifs is 3. The molecule has 198 valence electrons. The van der Waals surface area contributed by atoms with Gasteiger partial charge in [0.05, 0.1) is 0 Å². The molecule has 2 aliphatic heterocycles. The summed E-state index contributed by atoms with van der Waals surface area (Å²) in [6, 6.07) is 10.8. The van der Waals surface area contributed by atoms with Gasteiger partial charge in [-0.25, -0.2) is 9.59 Å². The van der Waals surface area contributed by atoms with Gasteiger partial charge in [-0.2, -0.15) is 0 Å². The van der Waals surface area contributed by atoms with Gasteiger partial charge in [0.2, 0.25) is 0 Å². The lowest BCUT2D eigenvalue weighted by molar-refractivity contribution is 0.0523. The van der Waals surface area contributed by atoms with Crippen LogP contribution >= 0.6 is 23.5 Å². The maximum atomic E-state index is 13.2. The molecule has 0 bridgehead atoms. The van der Waals surface area contributed by atoms with Crippen molar-refractivity contribution in [1.29, 1.82) is 0 Å². The maximum absolute atomic E-state index is 13.2. The lowest BCUT2D eigenvalue weighted by Crippen LogP contribution is -2.48. The third-order valence-corrected chi connectivity index (χ3v) is 10.1. The van der Waals surface area contributed by atoms with Crippen LogP contribution in [0.3, 0.4) is 0 Å². The molecule has 1 aromatic rings. The van der Waals surface area contributed by atoms with Crippen LogP contribution in [0.4, 0.5) is 9.59 Å². The molecule has 0 spiro atoms. The van der Waals surface area contributed by atoms with Crippen molar-refractivity contribution in [3.8, 4) is 0 Å². The highest BCUT2D eigenvalue weighted by Gasteiger charge is 2.70. The fourth-order valence-corrected chi connectivity index (χ4v) is 8.43. The van der Waals surface area contributed by atoms with Crippen LogP contribution < -0.4 is 10.6 Å². The highest BCUT2D eigenvalue weighted by atomic mass is 32.2. The van der Waals surface area contributed by atoms with Crippen molar-refractivity contribution < 1.29 is 14.3 Å². The number of benzene rings is 1. The molecule has 2 fully saturated rings. The Labute approximate surface area is 224 Å². The second kappa shape index (κ2) is 10.9. The smallest absolute Gasteiger partial charge is 0.407 e. The van der Waals surface area contributed by atoms with Crippen LogP contribution in [-0.2, 0) is 4.74 Å². The number of ether oxygens (including phenoxy) is 1. The summed E-state index contributed by atoms with van der Waals surface area (Å²) < 4.78 is 5.57. The topological polar surface area (TPSA) is 70.7 Å². The standard InChI is InChI=1S/C28H41N3O3S2/c1-18(2)12-14-31(15-13-29-26(33)34-27(4,5)6)25(32)30-19(3)17-28-22(36-28)16-21(23-24(28)35-23)20-10-8-7-9-11-20/h7-11,16,18-19,22-24H,12-15,17H2,1-6H3,(H,29,33)(H,30,32)/t19-,22?,23?,24?,28?/m0/s1. The van der Waals surface area contributed by atoms with Gasteiger partial charge in [-0.1, -0.05) is 50.3 Å². The molecule has 6 nitrogen and oxygen atoms in total. The van der Waals surface area contributed by atoms with Gasteiger partial charge >= 0.3 is 12.1 Å².